The average molecular weight is 378 g/mol. The summed E-state index contributed by atoms with van der Waals surface area (Å²) in [6, 6.07) is 8.02. The number of amides is 1. The molecule has 1 aromatic rings. The minimum absolute atomic E-state index is 0.0789. The number of hydrogen-bond acceptors (Lipinski definition) is 4. The highest BCUT2D eigenvalue weighted by Crippen LogP contribution is 2.57. The maximum absolute atomic E-state index is 13.1. The number of carbonyl (C=O) groups excluding carboxylic acids is 1. The van der Waals surface area contributed by atoms with Crippen molar-refractivity contribution < 1.29 is 19.4 Å². The first-order valence-electron chi connectivity index (χ1n) is 9.24. The number of aliphatic carboxylic acids is 1. The molecule has 142 valence electrons. The predicted molar refractivity (Wildman–Crippen MR) is 103 cm³/mol. The molecule has 5 nitrogen and oxygen atoms in total. The van der Waals surface area contributed by atoms with E-state index >= 15 is 0 Å². The van der Waals surface area contributed by atoms with Gasteiger partial charge < -0.3 is 15.2 Å². The lowest BCUT2D eigenvalue weighted by atomic mass is 9.68. The molecule has 1 aromatic carbocycles. The van der Waals surface area contributed by atoms with Gasteiger partial charge in [0.25, 0.3) is 0 Å². The van der Waals surface area contributed by atoms with E-state index in [2.05, 4.69) is 11.4 Å². The highest BCUT2D eigenvalue weighted by Gasteiger charge is 2.55. The Morgan fingerprint density at radius 1 is 1.38 bits per heavy atom. The molecule has 3 rings (SSSR count). The zero-order chi connectivity index (χ0) is 18.6. The number of nitrogens with one attached hydrogen (secondary N) is 1. The highest BCUT2D eigenvalue weighted by molar-refractivity contribution is 7.99. The minimum Gasteiger partial charge on any atom is -0.497 e. The van der Waals surface area contributed by atoms with Gasteiger partial charge >= 0.3 is 5.97 Å². The third-order valence-electron chi connectivity index (χ3n) is 5.84. The number of rotatable bonds is 9. The fraction of sp³-hybridized carbons (Fsp3) is 0.600. The molecule has 0 heterocycles. The fourth-order valence-electron chi connectivity index (χ4n) is 4.74. The molecule has 3 unspecified atom stereocenters. The number of methoxy groups -OCH3 is 1. The molecule has 2 N–H and O–H groups in total. The second-order valence-electron chi connectivity index (χ2n) is 7.47. The number of fused-ring (bicyclic) bond motifs is 2. The third-order valence-corrected chi connectivity index (χ3v) is 6.78. The number of thioether (sulfide) groups is 1. The molecule has 0 aliphatic heterocycles. The fourth-order valence-corrected chi connectivity index (χ4v) is 5.30. The van der Waals surface area contributed by atoms with Crippen molar-refractivity contribution in [3.63, 3.8) is 0 Å². The van der Waals surface area contributed by atoms with Crippen LogP contribution in [0.15, 0.2) is 24.3 Å². The normalized spacial score (nSPS) is 26.7. The van der Waals surface area contributed by atoms with Gasteiger partial charge in [-0.25, -0.2) is 0 Å². The van der Waals surface area contributed by atoms with Crippen LogP contribution in [0.5, 0.6) is 5.75 Å². The number of carboxylic acid groups (broad SMARTS) is 1. The van der Waals surface area contributed by atoms with Crippen molar-refractivity contribution in [2.24, 2.45) is 17.3 Å². The molecule has 2 aliphatic rings. The van der Waals surface area contributed by atoms with E-state index in [1.165, 1.54) is 18.2 Å². The molecule has 2 fully saturated rings. The van der Waals surface area contributed by atoms with Gasteiger partial charge in [-0.05, 0) is 55.2 Å². The van der Waals surface area contributed by atoms with Crippen molar-refractivity contribution in [1.29, 1.82) is 0 Å². The summed E-state index contributed by atoms with van der Waals surface area (Å²) in [6.45, 7) is 0.522. The Morgan fingerprint density at radius 2 is 2.23 bits per heavy atom. The molecular weight excluding hydrogens is 350 g/mol. The van der Waals surface area contributed by atoms with E-state index < -0.39 is 5.97 Å². The van der Waals surface area contributed by atoms with Gasteiger partial charge in [0, 0.05) is 12.3 Å². The third kappa shape index (κ3) is 4.17. The summed E-state index contributed by atoms with van der Waals surface area (Å²) in [6.07, 6.45) is 5.25. The van der Waals surface area contributed by atoms with E-state index in [1.54, 1.807) is 7.11 Å². The maximum atomic E-state index is 13.1. The van der Waals surface area contributed by atoms with Crippen molar-refractivity contribution in [3.05, 3.63) is 29.8 Å². The van der Waals surface area contributed by atoms with Gasteiger partial charge in [0.15, 0.2) is 0 Å². The number of carboxylic acids is 1. The van der Waals surface area contributed by atoms with Crippen LogP contribution in [-0.2, 0) is 16.0 Å². The highest BCUT2D eigenvalue weighted by atomic mass is 32.2. The molecule has 3 atom stereocenters. The molecule has 6 heteroatoms. The van der Waals surface area contributed by atoms with Gasteiger partial charge in [0.1, 0.15) is 5.75 Å². The minimum atomic E-state index is -0.816. The Hall–Kier alpha value is -1.69. The first-order chi connectivity index (χ1) is 12.5. The molecule has 0 saturated heterocycles. The molecule has 0 radical (unpaired) electrons. The lowest BCUT2D eigenvalue weighted by molar-refractivity contribution is -0.134. The number of carbonyl (C=O) groups is 2. The van der Waals surface area contributed by atoms with Crippen LogP contribution >= 0.6 is 11.8 Å². The molecule has 2 bridgehead atoms. The Kier molecular flexibility index (Phi) is 6.12. The van der Waals surface area contributed by atoms with Crippen LogP contribution in [0, 0.1) is 17.3 Å². The molecule has 26 heavy (non-hydrogen) atoms. The Bertz CT molecular complexity index is 665. The first kappa shape index (κ1) is 19.1. The van der Waals surface area contributed by atoms with Crippen LogP contribution in [0.2, 0.25) is 0 Å². The predicted octanol–water partition coefficient (Wildman–Crippen LogP) is 2.98. The second kappa shape index (κ2) is 8.33. The van der Waals surface area contributed by atoms with Crippen LogP contribution in [0.25, 0.3) is 0 Å². The summed E-state index contributed by atoms with van der Waals surface area (Å²) in [5, 5.41) is 11.8. The van der Waals surface area contributed by atoms with E-state index in [4.69, 9.17) is 9.84 Å². The summed E-state index contributed by atoms with van der Waals surface area (Å²) in [5.74, 6) is 1.97. The zero-order valence-electron chi connectivity index (χ0n) is 15.2. The lowest BCUT2D eigenvalue weighted by Gasteiger charge is -2.36. The summed E-state index contributed by atoms with van der Waals surface area (Å²) < 4.78 is 5.33. The lowest BCUT2D eigenvalue weighted by Crippen LogP contribution is -2.46. The van der Waals surface area contributed by atoms with Gasteiger partial charge in [-0.1, -0.05) is 18.6 Å². The van der Waals surface area contributed by atoms with E-state index in [0.29, 0.717) is 24.1 Å². The molecule has 1 amide bonds. The van der Waals surface area contributed by atoms with Crippen molar-refractivity contribution in [2.75, 3.05) is 25.2 Å². The Labute approximate surface area is 158 Å². The molecule has 0 spiro atoms. The molecule has 0 aromatic heterocycles. The van der Waals surface area contributed by atoms with Crippen LogP contribution in [0.1, 0.15) is 31.2 Å². The van der Waals surface area contributed by atoms with Gasteiger partial charge in [-0.15, -0.1) is 11.8 Å². The van der Waals surface area contributed by atoms with Crippen LogP contribution in [-0.4, -0.2) is 42.1 Å². The van der Waals surface area contributed by atoms with Gasteiger partial charge in [-0.2, -0.15) is 0 Å². The number of ether oxygens (including phenoxy) is 1. The molecular formula is C20H27NO4S. The maximum Gasteiger partial charge on any atom is 0.313 e. The molecule has 2 aliphatic carbocycles. The second-order valence-corrected chi connectivity index (χ2v) is 8.57. The van der Waals surface area contributed by atoms with Crippen molar-refractivity contribution in [1.82, 2.24) is 5.32 Å². The zero-order valence-corrected chi connectivity index (χ0v) is 16.0. The number of benzene rings is 1. The van der Waals surface area contributed by atoms with Crippen molar-refractivity contribution in [2.45, 2.75) is 32.1 Å². The van der Waals surface area contributed by atoms with E-state index in [0.717, 1.165) is 37.0 Å². The van der Waals surface area contributed by atoms with Gasteiger partial charge in [0.05, 0.1) is 18.3 Å². The van der Waals surface area contributed by atoms with Gasteiger partial charge in [0.2, 0.25) is 5.91 Å². The number of hydrogen-bond donors (Lipinski definition) is 2. The Morgan fingerprint density at radius 3 is 2.88 bits per heavy atom. The summed E-state index contributed by atoms with van der Waals surface area (Å²) in [7, 11) is 1.66. The quantitative estimate of drug-likeness (QED) is 0.647. The van der Waals surface area contributed by atoms with Gasteiger partial charge in [-0.3, -0.25) is 9.59 Å². The van der Waals surface area contributed by atoms with E-state index in [9.17, 15) is 9.59 Å². The standard InChI is InChI=1S/C20H27NO4S/c1-25-17-4-2-3-14(10-17)11-20(12-15-5-6-16(20)9-15)19(24)21-7-8-26-13-18(22)23/h2-4,10,15-16H,5-9,11-13H2,1H3,(H,21,24)(H,22,23). The van der Waals surface area contributed by atoms with Crippen LogP contribution in [0.3, 0.4) is 0 Å². The van der Waals surface area contributed by atoms with Crippen molar-refractivity contribution >= 4 is 23.6 Å². The van der Waals surface area contributed by atoms with Crippen LogP contribution in [0.4, 0.5) is 0 Å². The Balaban J connectivity index is 1.67. The van der Waals surface area contributed by atoms with Crippen molar-refractivity contribution in [3.8, 4) is 5.75 Å². The summed E-state index contributed by atoms with van der Waals surface area (Å²) >= 11 is 1.34. The SMILES string of the molecule is COc1cccc(CC2(C(=O)NCCSCC(=O)O)CC3CCC2C3)c1. The average Bonchev–Trinajstić information content (AvgIpc) is 3.23. The molecule has 2 saturated carbocycles. The first-order valence-corrected chi connectivity index (χ1v) is 10.4. The smallest absolute Gasteiger partial charge is 0.313 e. The summed E-state index contributed by atoms with van der Waals surface area (Å²) in [4.78, 5) is 23.7. The van der Waals surface area contributed by atoms with Crippen LogP contribution < -0.4 is 10.1 Å². The monoisotopic (exact) mass is 377 g/mol. The largest absolute Gasteiger partial charge is 0.497 e. The topological polar surface area (TPSA) is 75.6 Å². The van der Waals surface area contributed by atoms with E-state index in [-0.39, 0.29) is 17.1 Å². The summed E-state index contributed by atoms with van der Waals surface area (Å²) in [5.41, 5.74) is 0.819. The van der Waals surface area contributed by atoms with E-state index in [1.807, 2.05) is 18.2 Å².